The Morgan fingerprint density at radius 1 is 1.35 bits per heavy atom. The van der Waals surface area contributed by atoms with E-state index >= 15 is 0 Å². The summed E-state index contributed by atoms with van der Waals surface area (Å²) < 4.78 is 30.5. The first-order valence-corrected chi connectivity index (χ1v) is 5.37. The lowest BCUT2D eigenvalue weighted by atomic mass is 10.1. The maximum absolute atomic E-state index is 13.5. The zero-order valence-electron chi connectivity index (χ0n) is 8.44. The lowest BCUT2D eigenvalue weighted by Gasteiger charge is -2.06. The van der Waals surface area contributed by atoms with Gasteiger partial charge in [-0.3, -0.25) is 0 Å². The molecule has 0 saturated heterocycles. The Bertz CT molecular complexity index is 539. The first kappa shape index (κ1) is 11.4. The number of nitrogens with zero attached hydrogens (tertiary/aromatic N) is 3. The van der Waals surface area contributed by atoms with Crippen LogP contribution in [0.3, 0.4) is 0 Å². The Kier molecular flexibility index (Phi) is 3.25. The van der Waals surface area contributed by atoms with Gasteiger partial charge in [-0.05, 0) is 12.1 Å². The Labute approximate surface area is 99.7 Å². The average Bonchev–Trinajstić information content (AvgIpc) is 2.80. The maximum Gasteiger partial charge on any atom is 0.132 e. The molecule has 7 heteroatoms. The molecule has 0 fully saturated rings. The molecule has 0 amide bonds. The number of hydrogen-bond acceptors (Lipinski definition) is 5. The molecule has 1 N–H and O–H groups in total. The van der Waals surface area contributed by atoms with Gasteiger partial charge in [0.15, 0.2) is 0 Å². The van der Waals surface area contributed by atoms with E-state index in [0.29, 0.717) is 5.00 Å². The summed E-state index contributed by atoms with van der Waals surface area (Å²) in [6.45, 7) is -0.0206. The molecule has 0 radical (unpaired) electrons. The van der Waals surface area contributed by atoms with E-state index in [0.717, 1.165) is 23.7 Å². The highest BCUT2D eigenvalue weighted by Crippen LogP contribution is 2.18. The fourth-order valence-electron chi connectivity index (χ4n) is 1.26. The summed E-state index contributed by atoms with van der Waals surface area (Å²) in [5.41, 5.74) is -0.152. The van der Waals surface area contributed by atoms with Gasteiger partial charge in [0.2, 0.25) is 0 Å². The van der Waals surface area contributed by atoms with Crippen LogP contribution >= 0.6 is 11.5 Å². The molecule has 0 aliphatic carbocycles. The van der Waals surface area contributed by atoms with Crippen molar-refractivity contribution in [1.29, 1.82) is 5.26 Å². The lowest BCUT2D eigenvalue weighted by molar-refractivity contribution is 0.559. The fraction of sp³-hybridized carbons (Fsp3) is 0.100. The first-order chi connectivity index (χ1) is 8.20. The zero-order valence-corrected chi connectivity index (χ0v) is 9.26. The molecule has 0 atom stereocenters. The van der Waals surface area contributed by atoms with E-state index in [1.54, 1.807) is 6.07 Å². The quantitative estimate of drug-likeness (QED) is 0.910. The molecule has 86 valence electrons. The van der Waals surface area contributed by atoms with Gasteiger partial charge in [0.05, 0.1) is 17.8 Å². The first-order valence-electron chi connectivity index (χ1n) is 4.60. The van der Waals surface area contributed by atoms with Crippen LogP contribution in [0.25, 0.3) is 0 Å². The third-order valence-electron chi connectivity index (χ3n) is 2.07. The molecular weight excluding hydrogens is 246 g/mol. The smallest absolute Gasteiger partial charge is 0.132 e. The van der Waals surface area contributed by atoms with E-state index < -0.39 is 11.6 Å². The largest absolute Gasteiger partial charge is 0.370 e. The van der Waals surface area contributed by atoms with Crippen molar-refractivity contribution < 1.29 is 8.78 Å². The molecule has 2 aromatic rings. The second kappa shape index (κ2) is 4.84. The van der Waals surface area contributed by atoms with Crippen LogP contribution in [0.5, 0.6) is 0 Å². The van der Waals surface area contributed by atoms with E-state index in [1.807, 2.05) is 0 Å². The molecule has 0 bridgehead atoms. The maximum atomic E-state index is 13.5. The summed E-state index contributed by atoms with van der Waals surface area (Å²) in [6, 6.07) is 3.70. The number of rotatable bonds is 3. The van der Waals surface area contributed by atoms with Gasteiger partial charge in [-0.2, -0.15) is 5.26 Å². The van der Waals surface area contributed by atoms with Crippen molar-refractivity contribution in [3.8, 4) is 6.07 Å². The summed E-state index contributed by atoms with van der Waals surface area (Å²) in [7, 11) is 0. The molecule has 0 aliphatic rings. The number of nitriles is 1. The molecule has 17 heavy (non-hydrogen) atoms. The molecule has 0 unspecified atom stereocenters. The average molecular weight is 252 g/mol. The zero-order chi connectivity index (χ0) is 12.3. The van der Waals surface area contributed by atoms with Gasteiger partial charge >= 0.3 is 0 Å². The third kappa shape index (κ3) is 2.54. The number of aromatic nitrogens is 2. The number of anilines is 1. The normalized spacial score (nSPS) is 9.94. The topological polar surface area (TPSA) is 61.6 Å². The predicted octanol–water partition coefficient (Wildman–Crippen LogP) is 2.30. The van der Waals surface area contributed by atoms with Gasteiger partial charge in [0, 0.05) is 23.6 Å². The molecule has 2 rings (SSSR count). The Morgan fingerprint density at radius 3 is 2.59 bits per heavy atom. The van der Waals surface area contributed by atoms with Gasteiger partial charge in [-0.15, -0.1) is 5.10 Å². The molecule has 4 nitrogen and oxygen atoms in total. The summed E-state index contributed by atoms with van der Waals surface area (Å²) in [5.74, 6) is -1.49. The van der Waals surface area contributed by atoms with Gasteiger partial charge in [-0.25, -0.2) is 8.78 Å². The van der Waals surface area contributed by atoms with Crippen molar-refractivity contribution in [2.75, 3.05) is 5.32 Å². The third-order valence-corrected chi connectivity index (χ3v) is 2.69. The van der Waals surface area contributed by atoms with E-state index in [1.165, 1.54) is 6.20 Å². The summed E-state index contributed by atoms with van der Waals surface area (Å²) in [5, 5.41) is 15.5. The summed E-state index contributed by atoms with van der Waals surface area (Å²) in [6.07, 6.45) is 1.46. The highest BCUT2D eigenvalue weighted by Gasteiger charge is 2.11. The van der Waals surface area contributed by atoms with Gasteiger partial charge < -0.3 is 5.32 Å². The molecule has 0 spiro atoms. The van der Waals surface area contributed by atoms with E-state index in [9.17, 15) is 8.78 Å². The van der Waals surface area contributed by atoms with Crippen molar-refractivity contribution >= 4 is 16.5 Å². The van der Waals surface area contributed by atoms with Crippen molar-refractivity contribution in [2.45, 2.75) is 6.54 Å². The predicted molar refractivity (Wildman–Crippen MR) is 58.3 cm³/mol. The number of benzene rings is 1. The Balaban J connectivity index is 2.19. The Morgan fingerprint density at radius 2 is 2.06 bits per heavy atom. The van der Waals surface area contributed by atoms with Crippen LogP contribution < -0.4 is 5.32 Å². The number of halogens is 2. The second-order valence-corrected chi connectivity index (χ2v) is 3.95. The van der Waals surface area contributed by atoms with Crippen LogP contribution in [0.15, 0.2) is 18.3 Å². The minimum absolute atomic E-state index is 0.0206. The van der Waals surface area contributed by atoms with E-state index in [4.69, 9.17) is 5.26 Å². The molecule has 1 heterocycles. The van der Waals surface area contributed by atoms with Gasteiger partial charge in [-0.1, -0.05) is 4.49 Å². The highest BCUT2D eigenvalue weighted by atomic mass is 32.1. The molecule has 1 aromatic heterocycles. The monoisotopic (exact) mass is 252 g/mol. The Hall–Kier alpha value is -2.07. The number of nitrogens with one attached hydrogen (secondary N) is 1. The molecular formula is C10H6F2N4S. The standard InChI is InChI=1S/C10H6F2N4S/c11-8-1-6(3-13)2-9(12)7(8)4-14-10-5-15-16-17-10/h1-2,5,14H,4H2. The van der Waals surface area contributed by atoms with Crippen LogP contribution in [-0.4, -0.2) is 9.59 Å². The van der Waals surface area contributed by atoms with Crippen LogP contribution in [-0.2, 0) is 6.54 Å². The molecule has 0 aliphatic heterocycles. The van der Waals surface area contributed by atoms with Gasteiger partial charge in [0.25, 0.3) is 0 Å². The lowest BCUT2D eigenvalue weighted by Crippen LogP contribution is -2.04. The van der Waals surface area contributed by atoms with Crippen LogP contribution in [0.4, 0.5) is 13.8 Å². The van der Waals surface area contributed by atoms with Crippen molar-refractivity contribution in [1.82, 2.24) is 9.59 Å². The van der Waals surface area contributed by atoms with Gasteiger partial charge in [0.1, 0.15) is 16.6 Å². The van der Waals surface area contributed by atoms with E-state index in [2.05, 4.69) is 14.9 Å². The highest BCUT2D eigenvalue weighted by molar-refractivity contribution is 7.09. The van der Waals surface area contributed by atoms with Crippen LogP contribution in [0, 0.1) is 23.0 Å². The van der Waals surface area contributed by atoms with Crippen molar-refractivity contribution in [3.05, 3.63) is 41.1 Å². The molecule has 0 saturated carbocycles. The minimum atomic E-state index is -0.744. The summed E-state index contributed by atoms with van der Waals surface area (Å²) >= 11 is 1.09. The van der Waals surface area contributed by atoms with Crippen LogP contribution in [0.1, 0.15) is 11.1 Å². The van der Waals surface area contributed by atoms with Crippen molar-refractivity contribution in [3.63, 3.8) is 0 Å². The van der Waals surface area contributed by atoms with E-state index in [-0.39, 0.29) is 17.7 Å². The van der Waals surface area contributed by atoms with Crippen LogP contribution in [0.2, 0.25) is 0 Å². The number of hydrogen-bond donors (Lipinski definition) is 1. The second-order valence-electron chi connectivity index (χ2n) is 3.17. The molecule has 1 aromatic carbocycles. The van der Waals surface area contributed by atoms with Crippen molar-refractivity contribution in [2.24, 2.45) is 0 Å². The fourth-order valence-corrected chi connectivity index (χ4v) is 1.67. The SMILES string of the molecule is N#Cc1cc(F)c(CNc2cnns2)c(F)c1. The minimum Gasteiger partial charge on any atom is -0.370 e. The summed E-state index contributed by atoms with van der Waals surface area (Å²) in [4.78, 5) is 0.